The number of aliphatic hydroxyl groups excluding tert-OH is 7. The summed E-state index contributed by atoms with van der Waals surface area (Å²) < 4.78 is 0. The summed E-state index contributed by atoms with van der Waals surface area (Å²) in [7, 11) is 4.10. The van der Waals surface area contributed by atoms with E-state index in [9.17, 15) is 20.1 Å². The van der Waals surface area contributed by atoms with Crippen molar-refractivity contribution in [3.63, 3.8) is 0 Å². The van der Waals surface area contributed by atoms with Gasteiger partial charge in [-0.05, 0) is 91.9 Å². The number of nitrogens with zero attached hydrogens (tertiary/aromatic N) is 1. The molecule has 0 aromatic heterocycles. The van der Waals surface area contributed by atoms with E-state index in [-0.39, 0.29) is 6.61 Å². The highest BCUT2D eigenvalue weighted by molar-refractivity contribution is 5.70. The SMILES string of the molecule is CC1C(O)C(O)C(O)C(O)C1O.CCC(N)C(=O)[O-].CCC(O)CO.CCCN.CCCN(C)CC.CCCNC.CCCNCC. The summed E-state index contributed by atoms with van der Waals surface area (Å²) in [6.07, 6.45) is -1.25. The Morgan fingerprint density at radius 1 is 0.809 bits per heavy atom. The van der Waals surface area contributed by atoms with Gasteiger partial charge >= 0.3 is 0 Å². The first kappa shape index (κ1) is 58.2. The number of aliphatic carboxylic acids is 1. The first-order valence-corrected chi connectivity index (χ1v) is 17.4. The Morgan fingerprint density at radius 2 is 1.23 bits per heavy atom. The molecule has 0 spiro atoms. The summed E-state index contributed by atoms with van der Waals surface area (Å²) in [6.45, 7) is 24.4. The van der Waals surface area contributed by atoms with Gasteiger partial charge in [-0.15, -0.1) is 0 Å². The Balaban J connectivity index is -0.000000108. The van der Waals surface area contributed by atoms with E-state index in [0.29, 0.717) is 12.8 Å². The lowest BCUT2D eigenvalue weighted by Crippen LogP contribution is -2.60. The van der Waals surface area contributed by atoms with E-state index in [4.69, 9.17) is 37.0 Å². The molecule has 0 heterocycles. The Hall–Kier alpha value is -1.01. The van der Waals surface area contributed by atoms with Gasteiger partial charge in [0.05, 0.1) is 30.9 Å². The highest BCUT2D eigenvalue weighted by atomic mass is 16.4. The lowest BCUT2D eigenvalue weighted by Gasteiger charge is -2.40. The van der Waals surface area contributed by atoms with E-state index in [1.165, 1.54) is 39.3 Å². The van der Waals surface area contributed by atoms with E-state index in [0.717, 1.165) is 32.6 Å². The first-order valence-electron chi connectivity index (χ1n) is 17.4. The number of hydrogen-bond donors (Lipinski definition) is 11. The summed E-state index contributed by atoms with van der Waals surface area (Å²) in [5.41, 5.74) is 9.98. The first-order chi connectivity index (χ1) is 22.0. The molecule has 0 aliphatic heterocycles. The molecule has 1 saturated carbocycles. The van der Waals surface area contributed by atoms with E-state index in [1.807, 2.05) is 14.0 Å². The lowest BCUT2D eigenvalue weighted by molar-refractivity contribution is -0.307. The van der Waals surface area contributed by atoms with Gasteiger partial charge in [-0.25, -0.2) is 0 Å². The Labute approximate surface area is 288 Å². The number of aliphatic hydroxyl groups is 7. The second-order valence-corrected chi connectivity index (χ2v) is 11.0. The van der Waals surface area contributed by atoms with E-state index in [2.05, 4.69) is 64.1 Å². The third-order valence-electron chi connectivity index (χ3n) is 6.51. The standard InChI is InChI=1S/C7H14O5.C6H15N.C5H13N.C4H9NO2.C4H11N.C4H10O2.C3H9N/c1-2-3(8)5(10)7(12)6(11)4(2)9;1-4-6-7(3)5-2;1-3-5-6-4-2;1-2-3(5)4(6)7;1-3-4-5-2;1-2-4(6)3-5;1-2-3-4/h2-12H,1H3;4-6H2,1-3H3;6H,3-5H2,1-2H3;3H,2,5H2,1H3,(H,6,7);5H,3-4H2,1-2H3;4-6H,2-3H2,1H3;2-4H2,1H3/p-1. The fourth-order valence-corrected chi connectivity index (χ4v) is 2.87. The molecule has 6 atom stereocenters. The third kappa shape index (κ3) is 43.0. The average molecular weight is 691 g/mol. The second-order valence-electron chi connectivity index (χ2n) is 11.0. The topological polar surface area (TPSA) is 261 Å². The van der Waals surface area contributed by atoms with Crippen LogP contribution in [0.4, 0.5) is 0 Å². The summed E-state index contributed by atoms with van der Waals surface area (Å²) >= 11 is 0. The minimum atomic E-state index is -1.48. The van der Waals surface area contributed by atoms with Gasteiger partial charge in [0.15, 0.2) is 0 Å². The highest BCUT2D eigenvalue weighted by Gasteiger charge is 2.45. The molecular formula is C33H80N5O9-. The van der Waals surface area contributed by atoms with Crippen LogP contribution in [-0.4, -0.2) is 149 Å². The van der Waals surface area contributed by atoms with E-state index >= 15 is 0 Å². The maximum Gasteiger partial charge on any atom is 0.111 e. The van der Waals surface area contributed by atoms with E-state index in [1.54, 1.807) is 6.92 Å². The van der Waals surface area contributed by atoms with Crippen LogP contribution in [0.15, 0.2) is 0 Å². The van der Waals surface area contributed by atoms with Gasteiger partial charge in [-0.3, -0.25) is 0 Å². The summed E-state index contributed by atoms with van der Waals surface area (Å²) in [5, 5.41) is 78.2. The maximum atomic E-state index is 9.69. The molecule has 0 bridgehead atoms. The Kier molecular flexibility index (Phi) is 55.7. The van der Waals surface area contributed by atoms with Crippen molar-refractivity contribution in [2.24, 2.45) is 17.4 Å². The fourth-order valence-electron chi connectivity index (χ4n) is 2.87. The van der Waals surface area contributed by atoms with Crippen molar-refractivity contribution < 1.29 is 45.6 Å². The fraction of sp³-hybridized carbons (Fsp3) is 0.970. The van der Waals surface area contributed by atoms with Gasteiger partial charge < -0.3 is 72.6 Å². The van der Waals surface area contributed by atoms with Crippen molar-refractivity contribution in [1.82, 2.24) is 15.5 Å². The van der Waals surface area contributed by atoms with Crippen molar-refractivity contribution in [3.8, 4) is 0 Å². The van der Waals surface area contributed by atoms with Crippen LogP contribution in [0.5, 0.6) is 0 Å². The van der Waals surface area contributed by atoms with Crippen molar-refractivity contribution in [1.29, 1.82) is 0 Å². The molecular weight excluding hydrogens is 610 g/mol. The molecule has 14 heteroatoms. The molecule has 0 radical (unpaired) electrons. The molecule has 6 unspecified atom stereocenters. The second kappa shape index (κ2) is 45.0. The molecule has 0 aromatic carbocycles. The van der Waals surface area contributed by atoms with Crippen LogP contribution in [-0.2, 0) is 4.79 Å². The molecule has 0 amide bonds. The lowest BCUT2D eigenvalue weighted by atomic mass is 9.80. The van der Waals surface area contributed by atoms with Gasteiger partial charge in [0.2, 0.25) is 0 Å². The molecule has 0 aromatic rings. The maximum absolute atomic E-state index is 9.69. The van der Waals surface area contributed by atoms with Crippen LogP contribution in [0.3, 0.4) is 0 Å². The van der Waals surface area contributed by atoms with Crippen LogP contribution in [0.2, 0.25) is 0 Å². The molecule has 14 nitrogen and oxygen atoms in total. The predicted molar refractivity (Wildman–Crippen MR) is 192 cm³/mol. The van der Waals surface area contributed by atoms with Crippen molar-refractivity contribution in [2.45, 2.75) is 144 Å². The van der Waals surface area contributed by atoms with Gasteiger partial charge in [0.1, 0.15) is 18.3 Å². The highest BCUT2D eigenvalue weighted by Crippen LogP contribution is 2.25. The summed E-state index contributed by atoms with van der Waals surface area (Å²) in [5.74, 6) is -1.82. The van der Waals surface area contributed by atoms with Crippen LogP contribution in [0.1, 0.15) is 101 Å². The number of carboxylic acid groups (broad SMARTS) is 1. The van der Waals surface area contributed by atoms with Crippen LogP contribution >= 0.6 is 0 Å². The molecule has 0 saturated heterocycles. The smallest absolute Gasteiger partial charge is 0.111 e. The largest absolute Gasteiger partial charge is 0.548 e. The van der Waals surface area contributed by atoms with Crippen molar-refractivity contribution in [2.75, 3.05) is 60.0 Å². The zero-order valence-electron chi connectivity index (χ0n) is 31.9. The molecule has 13 N–H and O–H groups in total. The third-order valence-corrected chi connectivity index (χ3v) is 6.51. The van der Waals surface area contributed by atoms with E-state index < -0.39 is 54.6 Å². The number of carbonyl (C=O) groups excluding carboxylic acids is 1. The Morgan fingerprint density at radius 3 is 1.36 bits per heavy atom. The van der Waals surface area contributed by atoms with Crippen molar-refractivity contribution in [3.05, 3.63) is 0 Å². The quantitative estimate of drug-likeness (QED) is 0.104. The zero-order chi connectivity index (χ0) is 38.4. The number of rotatable bonds is 13. The van der Waals surface area contributed by atoms with Gasteiger partial charge in [0.25, 0.3) is 0 Å². The normalized spacial score (nSPS) is 22.2. The van der Waals surface area contributed by atoms with Crippen molar-refractivity contribution >= 4 is 5.97 Å². The predicted octanol–water partition coefficient (Wildman–Crippen LogP) is -1.01. The average Bonchev–Trinajstić information content (AvgIpc) is 3.09. The van der Waals surface area contributed by atoms with Crippen LogP contribution in [0, 0.1) is 5.92 Å². The number of nitrogens with two attached hydrogens (primary N) is 2. The monoisotopic (exact) mass is 691 g/mol. The minimum Gasteiger partial charge on any atom is -0.548 e. The number of carbonyl (C=O) groups is 1. The minimum absolute atomic E-state index is 0.115. The summed E-state index contributed by atoms with van der Waals surface area (Å²) in [6, 6.07) is -0.792. The number of carboxylic acids is 1. The number of nitrogens with one attached hydrogen (secondary N) is 2. The summed E-state index contributed by atoms with van der Waals surface area (Å²) in [4.78, 5) is 12.0. The molecule has 292 valence electrons. The molecule has 1 aliphatic carbocycles. The van der Waals surface area contributed by atoms with Gasteiger partial charge in [0, 0.05) is 12.0 Å². The van der Waals surface area contributed by atoms with Crippen LogP contribution in [0.25, 0.3) is 0 Å². The van der Waals surface area contributed by atoms with Gasteiger partial charge in [-0.2, -0.15) is 0 Å². The Bertz CT molecular complexity index is 516. The molecule has 1 aliphatic rings. The zero-order valence-corrected chi connectivity index (χ0v) is 31.9. The van der Waals surface area contributed by atoms with Gasteiger partial charge in [-0.1, -0.05) is 62.3 Å². The molecule has 47 heavy (non-hydrogen) atoms. The molecule has 1 rings (SSSR count). The number of hydrogen-bond acceptors (Lipinski definition) is 14. The van der Waals surface area contributed by atoms with Crippen LogP contribution < -0.4 is 27.2 Å². The molecule has 1 fully saturated rings.